The van der Waals surface area contributed by atoms with Crippen LogP contribution in [0.2, 0.25) is 10.0 Å². The van der Waals surface area contributed by atoms with Crippen molar-refractivity contribution in [2.75, 3.05) is 0 Å². The van der Waals surface area contributed by atoms with Crippen LogP contribution in [0.3, 0.4) is 0 Å². The Bertz CT molecular complexity index is 601. The van der Waals surface area contributed by atoms with Gasteiger partial charge in [-0.25, -0.2) is 0 Å². The number of nitrogens with one attached hydrogen (secondary N) is 1. The Kier molecular flexibility index (Phi) is 5.50. The minimum absolute atomic E-state index is 0.121. The lowest BCUT2D eigenvalue weighted by molar-refractivity contribution is 0.494. The van der Waals surface area contributed by atoms with Crippen molar-refractivity contribution in [3.05, 3.63) is 68.1 Å². The van der Waals surface area contributed by atoms with E-state index in [-0.39, 0.29) is 12.1 Å². The summed E-state index contributed by atoms with van der Waals surface area (Å²) < 4.78 is 1.08. The Morgan fingerprint density at radius 2 is 1.70 bits per heavy atom. The molecule has 0 fully saturated rings. The summed E-state index contributed by atoms with van der Waals surface area (Å²) in [5.41, 5.74) is 2.24. The maximum absolute atomic E-state index is 6.26. The summed E-state index contributed by atoms with van der Waals surface area (Å²) in [4.78, 5) is 0. The zero-order valence-corrected chi connectivity index (χ0v) is 14.4. The van der Waals surface area contributed by atoms with Crippen molar-refractivity contribution in [3.8, 4) is 0 Å². The molecule has 0 saturated heterocycles. The van der Waals surface area contributed by atoms with Crippen LogP contribution in [0.25, 0.3) is 0 Å². The van der Waals surface area contributed by atoms with Crippen molar-refractivity contribution in [2.45, 2.75) is 25.9 Å². The van der Waals surface area contributed by atoms with Crippen molar-refractivity contribution >= 4 is 39.1 Å². The first-order valence-corrected chi connectivity index (χ1v) is 7.99. The lowest BCUT2D eigenvalue weighted by Gasteiger charge is -2.22. The molecule has 1 N–H and O–H groups in total. The van der Waals surface area contributed by atoms with Crippen molar-refractivity contribution in [2.24, 2.45) is 0 Å². The molecule has 0 spiro atoms. The summed E-state index contributed by atoms with van der Waals surface area (Å²) in [6, 6.07) is 14.3. The molecular formula is C16H16BrCl2N. The Morgan fingerprint density at radius 3 is 2.40 bits per heavy atom. The Balaban J connectivity index is 2.15. The van der Waals surface area contributed by atoms with Crippen molar-refractivity contribution in [1.82, 2.24) is 5.32 Å². The molecule has 2 aromatic carbocycles. The highest BCUT2D eigenvalue weighted by atomic mass is 79.9. The van der Waals surface area contributed by atoms with Gasteiger partial charge in [0.2, 0.25) is 0 Å². The Labute approximate surface area is 138 Å². The first kappa shape index (κ1) is 15.8. The molecule has 0 aliphatic rings. The maximum Gasteiger partial charge on any atom is 0.0639 e. The number of rotatable bonds is 4. The molecule has 2 rings (SSSR count). The molecule has 0 bridgehead atoms. The molecule has 1 unspecified atom stereocenters. The van der Waals surface area contributed by atoms with Gasteiger partial charge in [-0.15, -0.1) is 0 Å². The number of benzene rings is 2. The molecule has 0 aliphatic carbocycles. The van der Waals surface area contributed by atoms with Crippen LogP contribution in [0, 0.1) is 0 Å². The third kappa shape index (κ3) is 3.76. The zero-order valence-electron chi connectivity index (χ0n) is 11.3. The van der Waals surface area contributed by atoms with Crippen LogP contribution in [-0.2, 0) is 0 Å². The molecule has 0 radical (unpaired) electrons. The quantitative estimate of drug-likeness (QED) is 0.676. The van der Waals surface area contributed by atoms with Crippen molar-refractivity contribution in [1.29, 1.82) is 0 Å². The molecule has 20 heavy (non-hydrogen) atoms. The second-order valence-electron chi connectivity index (χ2n) is 4.81. The summed E-state index contributed by atoms with van der Waals surface area (Å²) in [6.45, 7) is 4.22. The number of halogens is 3. The van der Waals surface area contributed by atoms with Gasteiger partial charge in [-0.1, -0.05) is 63.4 Å². The lowest BCUT2D eigenvalue weighted by Crippen LogP contribution is -2.22. The average molecular weight is 373 g/mol. The van der Waals surface area contributed by atoms with E-state index in [0.29, 0.717) is 10.0 Å². The predicted octanol–water partition coefficient (Wildman–Crippen LogP) is 6.17. The summed E-state index contributed by atoms with van der Waals surface area (Å²) in [5.74, 6) is 0. The fourth-order valence-corrected chi connectivity index (χ4v) is 3.08. The second-order valence-corrected chi connectivity index (χ2v) is 6.51. The lowest BCUT2D eigenvalue weighted by atomic mass is 10.0. The van der Waals surface area contributed by atoms with E-state index in [4.69, 9.17) is 23.2 Å². The van der Waals surface area contributed by atoms with E-state index < -0.39 is 0 Å². The fraction of sp³-hybridized carbons (Fsp3) is 0.250. The van der Waals surface area contributed by atoms with E-state index in [1.54, 1.807) is 6.07 Å². The fourth-order valence-electron chi connectivity index (χ4n) is 2.19. The Morgan fingerprint density at radius 1 is 1.00 bits per heavy atom. The molecular weight excluding hydrogens is 357 g/mol. The van der Waals surface area contributed by atoms with E-state index in [0.717, 1.165) is 10.0 Å². The van der Waals surface area contributed by atoms with E-state index in [1.165, 1.54) is 5.56 Å². The first-order chi connectivity index (χ1) is 9.49. The topological polar surface area (TPSA) is 12.0 Å². The molecule has 0 aliphatic heterocycles. The summed E-state index contributed by atoms with van der Waals surface area (Å²) in [6.07, 6.45) is 0. The number of hydrogen-bond acceptors (Lipinski definition) is 1. The van der Waals surface area contributed by atoms with Gasteiger partial charge in [-0.2, -0.15) is 0 Å². The normalized spacial score (nSPS) is 14.1. The standard InChI is InChI=1S/C16H16BrCl2N/c1-10(12-5-3-6-13(17)9-12)20-11(2)14-7-4-8-15(18)16(14)19/h3-11,20H,1-2H3/t10-,11?/m0/s1. The van der Waals surface area contributed by atoms with Crippen LogP contribution in [-0.4, -0.2) is 0 Å². The summed E-state index contributed by atoms with van der Waals surface area (Å²) in [7, 11) is 0. The first-order valence-electron chi connectivity index (χ1n) is 6.44. The molecule has 2 aromatic rings. The van der Waals surface area contributed by atoms with Crippen LogP contribution in [0.4, 0.5) is 0 Å². The monoisotopic (exact) mass is 371 g/mol. The van der Waals surface area contributed by atoms with Crippen LogP contribution in [0.15, 0.2) is 46.9 Å². The molecule has 2 atom stereocenters. The molecule has 0 aromatic heterocycles. The number of hydrogen-bond donors (Lipinski definition) is 1. The van der Waals surface area contributed by atoms with Gasteiger partial charge in [0.1, 0.15) is 0 Å². The average Bonchev–Trinajstić information content (AvgIpc) is 2.41. The minimum Gasteiger partial charge on any atom is -0.304 e. The predicted molar refractivity (Wildman–Crippen MR) is 90.6 cm³/mol. The van der Waals surface area contributed by atoms with Crippen LogP contribution in [0.1, 0.15) is 37.1 Å². The van der Waals surface area contributed by atoms with Crippen molar-refractivity contribution < 1.29 is 0 Å². The zero-order chi connectivity index (χ0) is 14.7. The highest BCUT2D eigenvalue weighted by Crippen LogP contribution is 2.31. The minimum atomic E-state index is 0.121. The molecule has 106 valence electrons. The van der Waals surface area contributed by atoms with Gasteiger partial charge in [-0.3, -0.25) is 0 Å². The van der Waals surface area contributed by atoms with E-state index in [2.05, 4.69) is 47.2 Å². The molecule has 0 amide bonds. The van der Waals surface area contributed by atoms with Crippen LogP contribution in [0.5, 0.6) is 0 Å². The van der Waals surface area contributed by atoms with Gasteiger partial charge in [-0.05, 0) is 43.2 Å². The van der Waals surface area contributed by atoms with Crippen LogP contribution < -0.4 is 5.32 Å². The van der Waals surface area contributed by atoms with Crippen LogP contribution >= 0.6 is 39.1 Å². The van der Waals surface area contributed by atoms with E-state index in [1.807, 2.05) is 24.3 Å². The largest absolute Gasteiger partial charge is 0.304 e. The third-order valence-electron chi connectivity index (χ3n) is 3.30. The molecule has 0 heterocycles. The molecule has 1 nitrogen and oxygen atoms in total. The van der Waals surface area contributed by atoms with E-state index in [9.17, 15) is 0 Å². The highest BCUT2D eigenvalue weighted by Gasteiger charge is 2.15. The highest BCUT2D eigenvalue weighted by molar-refractivity contribution is 9.10. The maximum atomic E-state index is 6.26. The van der Waals surface area contributed by atoms with Gasteiger partial charge in [0.05, 0.1) is 10.0 Å². The summed E-state index contributed by atoms with van der Waals surface area (Å²) >= 11 is 15.8. The third-order valence-corrected chi connectivity index (χ3v) is 4.62. The molecule has 4 heteroatoms. The van der Waals surface area contributed by atoms with Crippen molar-refractivity contribution in [3.63, 3.8) is 0 Å². The van der Waals surface area contributed by atoms with E-state index >= 15 is 0 Å². The SMILES string of the molecule is CC(N[C@@H](C)c1cccc(Br)c1)c1cccc(Cl)c1Cl. The van der Waals surface area contributed by atoms with Gasteiger partial charge in [0.15, 0.2) is 0 Å². The van der Waals surface area contributed by atoms with Gasteiger partial charge < -0.3 is 5.32 Å². The molecule has 0 saturated carbocycles. The Hall–Kier alpha value is -0.540. The smallest absolute Gasteiger partial charge is 0.0639 e. The van der Waals surface area contributed by atoms with Gasteiger partial charge >= 0.3 is 0 Å². The van der Waals surface area contributed by atoms with Gasteiger partial charge in [0.25, 0.3) is 0 Å². The van der Waals surface area contributed by atoms with Gasteiger partial charge in [0, 0.05) is 16.6 Å². The second kappa shape index (κ2) is 6.95. The summed E-state index contributed by atoms with van der Waals surface area (Å²) in [5, 5.41) is 4.76.